The van der Waals surface area contributed by atoms with Gasteiger partial charge in [0.15, 0.2) is 0 Å². The zero-order valence-corrected chi connectivity index (χ0v) is 15.0. The molecule has 25 heavy (non-hydrogen) atoms. The second-order valence-corrected chi connectivity index (χ2v) is 6.59. The lowest BCUT2D eigenvalue weighted by Gasteiger charge is -2.17. The summed E-state index contributed by atoms with van der Waals surface area (Å²) < 4.78 is 13.2. The Balaban J connectivity index is 2.16. The summed E-state index contributed by atoms with van der Waals surface area (Å²) in [6.45, 7) is 0. The summed E-state index contributed by atoms with van der Waals surface area (Å²) in [5.74, 6) is -2.75. The Kier molecular flexibility index (Phi) is 6.64. The van der Waals surface area contributed by atoms with Crippen LogP contribution >= 0.6 is 34.8 Å². The fourth-order valence-corrected chi connectivity index (χ4v) is 3.09. The van der Waals surface area contributed by atoms with E-state index < -0.39 is 23.6 Å². The van der Waals surface area contributed by atoms with E-state index in [1.165, 1.54) is 18.2 Å². The Morgan fingerprint density at radius 2 is 1.76 bits per heavy atom. The molecular weight excluding hydrogens is 392 g/mol. The van der Waals surface area contributed by atoms with Crippen molar-refractivity contribution in [1.82, 2.24) is 0 Å². The minimum absolute atomic E-state index is 0.122. The standard InChI is InChI=1S/C17H13Cl3FNO3/c18-10-1-3-12(13(19)7-10)9(6-17(24)25)5-16(23)22-11-2-4-15(21)14(20)8-11/h1-4,7-9H,5-6H2,(H,22,23)(H,24,25)/t9-/m1/s1. The van der Waals surface area contributed by atoms with Crippen LogP contribution in [0.15, 0.2) is 36.4 Å². The van der Waals surface area contributed by atoms with Gasteiger partial charge in [0.1, 0.15) is 5.82 Å². The SMILES string of the molecule is O=C(O)C[C@@H](CC(=O)Nc1ccc(F)c(Cl)c1)c1ccc(Cl)cc1Cl. The van der Waals surface area contributed by atoms with Crippen molar-refractivity contribution in [3.63, 3.8) is 0 Å². The number of hydrogen-bond acceptors (Lipinski definition) is 2. The van der Waals surface area contributed by atoms with E-state index in [-0.39, 0.29) is 22.9 Å². The van der Waals surface area contributed by atoms with E-state index in [0.717, 1.165) is 6.07 Å². The quantitative estimate of drug-likeness (QED) is 0.680. The van der Waals surface area contributed by atoms with Crippen molar-refractivity contribution in [2.75, 3.05) is 5.32 Å². The lowest BCUT2D eigenvalue weighted by Crippen LogP contribution is -2.18. The smallest absolute Gasteiger partial charge is 0.303 e. The first-order valence-corrected chi connectivity index (χ1v) is 8.31. The van der Waals surface area contributed by atoms with E-state index in [1.54, 1.807) is 12.1 Å². The minimum Gasteiger partial charge on any atom is -0.481 e. The van der Waals surface area contributed by atoms with E-state index in [1.807, 2.05) is 0 Å². The molecule has 0 bridgehead atoms. The van der Waals surface area contributed by atoms with Crippen molar-refractivity contribution in [2.24, 2.45) is 0 Å². The predicted molar refractivity (Wildman–Crippen MR) is 96.1 cm³/mol. The van der Waals surface area contributed by atoms with Crippen LogP contribution < -0.4 is 5.32 Å². The molecule has 0 radical (unpaired) electrons. The van der Waals surface area contributed by atoms with E-state index in [2.05, 4.69) is 5.32 Å². The molecule has 0 aromatic heterocycles. The Hall–Kier alpha value is -1.82. The molecule has 0 aliphatic rings. The molecule has 2 rings (SSSR count). The molecule has 1 amide bonds. The number of hydrogen-bond donors (Lipinski definition) is 2. The summed E-state index contributed by atoms with van der Waals surface area (Å²) in [6, 6.07) is 8.43. The number of anilines is 1. The first-order chi connectivity index (χ1) is 11.8. The van der Waals surface area contributed by atoms with Crippen molar-refractivity contribution in [3.05, 3.63) is 62.8 Å². The van der Waals surface area contributed by atoms with Gasteiger partial charge in [0.2, 0.25) is 5.91 Å². The van der Waals surface area contributed by atoms with Crippen LogP contribution in [0.5, 0.6) is 0 Å². The summed E-state index contributed by atoms with van der Waals surface area (Å²) in [7, 11) is 0. The number of carbonyl (C=O) groups excluding carboxylic acids is 1. The predicted octanol–water partition coefficient (Wildman–Crippen LogP) is 5.37. The molecule has 132 valence electrons. The van der Waals surface area contributed by atoms with Gasteiger partial charge in [-0.05, 0) is 35.9 Å². The summed E-state index contributed by atoms with van der Waals surface area (Å²) in [5.41, 5.74) is 0.827. The Labute approximate surface area is 158 Å². The third kappa shape index (κ3) is 5.59. The van der Waals surface area contributed by atoms with Gasteiger partial charge >= 0.3 is 5.97 Å². The summed E-state index contributed by atoms with van der Waals surface area (Å²) in [4.78, 5) is 23.4. The fraction of sp³-hybridized carbons (Fsp3) is 0.176. The highest BCUT2D eigenvalue weighted by molar-refractivity contribution is 6.35. The van der Waals surface area contributed by atoms with Gasteiger partial charge in [-0.1, -0.05) is 40.9 Å². The number of rotatable bonds is 6. The average Bonchev–Trinajstić information content (AvgIpc) is 2.50. The van der Waals surface area contributed by atoms with E-state index in [4.69, 9.17) is 39.9 Å². The number of aliphatic carboxylic acids is 1. The van der Waals surface area contributed by atoms with Crippen molar-refractivity contribution < 1.29 is 19.1 Å². The van der Waals surface area contributed by atoms with Crippen molar-refractivity contribution >= 4 is 52.4 Å². The van der Waals surface area contributed by atoms with Crippen LogP contribution in [0, 0.1) is 5.82 Å². The molecule has 4 nitrogen and oxygen atoms in total. The first kappa shape index (κ1) is 19.5. The van der Waals surface area contributed by atoms with Crippen LogP contribution in [0.1, 0.15) is 24.3 Å². The molecule has 8 heteroatoms. The largest absolute Gasteiger partial charge is 0.481 e. The molecule has 2 aromatic carbocycles. The number of benzene rings is 2. The van der Waals surface area contributed by atoms with Crippen LogP contribution in [0.4, 0.5) is 10.1 Å². The molecule has 0 unspecified atom stereocenters. The van der Waals surface area contributed by atoms with Crippen LogP contribution in [0.25, 0.3) is 0 Å². The molecule has 0 fully saturated rings. The fourth-order valence-electron chi connectivity index (χ4n) is 2.35. The molecule has 0 spiro atoms. The first-order valence-electron chi connectivity index (χ1n) is 7.18. The maximum absolute atomic E-state index is 13.2. The molecule has 0 saturated carbocycles. The second kappa shape index (κ2) is 8.52. The van der Waals surface area contributed by atoms with Gasteiger partial charge in [-0.25, -0.2) is 4.39 Å². The molecule has 2 aromatic rings. The van der Waals surface area contributed by atoms with Gasteiger partial charge in [-0.2, -0.15) is 0 Å². The topological polar surface area (TPSA) is 66.4 Å². The third-order valence-corrected chi connectivity index (χ3v) is 4.31. The summed E-state index contributed by atoms with van der Waals surface area (Å²) in [5, 5.41) is 12.2. The van der Waals surface area contributed by atoms with Gasteiger partial charge in [0.25, 0.3) is 0 Å². The number of carbonyl (C=O) groups is 2. The van der Waals surface area contributed by atoms with Crippen LogP contribution in [0.3, 0.4) is 0 Å². The van der Waals surface area contributed by atoms with Crippen molar-refractivity contribution in [2.45, 2.75) is 18.8 Å². The molecule has 0 heterocycles. The van der Waals surface area contributed by atoms with Crippen molar-refractivity contribution in [3.8, 4) is 0 Å². The van der Waals surface area contributed by atoms with Gasteiger partial charge in [0, 0.05) is 28.1 Å². The molecule has 0 aliphatic carbocycles. The zero-order chi connectivity index (χ0) is 18.6. The lowest BCUT2D eigenvalue weighted by molar-refractivity contribution is -0.137. The van der Waals surface area contributed by atoms with E-state index in [0.29, 0.717) is 16.3 Å². The molecule has 0 saturated heterocycles. The highest BCUT2D eigenvalue weighted by atomic mass is 35.5. The minimum atomic E-state index is -1.06. The van der Waals surface area contributed by atoms with Gasteiger partial charge in [0.05, 0.1) is 11.4 Å². The molecule has 2 N–H and O–H groups in total. The summed E-state index contributed by atoms with van der Waals surface area (Å²) in [6.07, 6.45) is -0.401. The number of halogens is 4. The van der Waals surface area contributed by atoms with Crippen LogP contribution in [0.2, 0.25) is 15.1 Å². The normalized spacial score (nSPS) is 11.8. The van der Waals surface area contributed by atoms with Gasteiger partial charge in [-0.15, -0.1) is 0 Å². The maximum Gasteiger partial charge on any atom is 0.303 e. The van der Waals surface area contributed by atoms with Crippen LogP contribution in [-0.4, -0.2) is 17.0 Å². The number of nitrogens with one attached hydrogen (secondary N) is 1. The molecule has 0 aliphatic heterocycles. The highest BCUT2D eigenvalue weighted by Gasteiger charge is 2.22. The monoisotopic (exact) mass is 403 g/mol. The van der Waals surface area contributed by atoms with Gasteiger partial charge < -0.3 is 10.4 Å². The van der Waals surface area contributed by atoms with Crippen molar-refractivity contribution in [1.29, 1.82) is 0 Å². The Morgan fingerprint density at radius 3 is 2.36 bits per heavy atom. The van der Waals surface area contributed by atoms with E-state index in [9.17, 15) is 14.0 Å². The number of carboxylic acids is 1. The van der Waals surface area contributed by atoms with E-state index >= 15 is 0 Å². The zero-order valence-electron chi connectivity index (χ0n) is 12.7. The highest BCUT2D eigenvalue weighted by Crippen LogP contribution is 2.32. The third-order valence-electron chi connectivity index (χ3n) is 3.46. The van der Waals surface area contributed by atoms with Gasteiger partial charge in [-0.3, -0.25) is 9.59 Å². The Bertz CT molecular complexity index is 814. The second-order valence-electron chi connectivity index (χ2n) is 5.34. The van der Waals surface area contributed by atoms with Crippen LogP contribution in [-0.2, 0) is 9.59 Å². The average molecular weight is 405 g/mol. The number of amides is 1. The number of carboxylic acid groups (broad SMARTS) is 1. The summed E-state index contributed by atoms with van der Waals surface area (Å²) >= 11 is 17.6. The molecular formula is C17H13Cl3FNO3. The lowest BCUT2D eigenvalue weighted by atomic mass is 9.92. The maximum atomic E-state index is 13.2. The Morgan fingerprint density at radius 1 is 1.04 bits per heavy atom. The molecule has 1 atom stereocenters.